The summed E-state index contributed by atoms with van der Waals surface area (Å²) in [7, 11) is 0. The van der Waals surface area contributed by atoms with Crippen molar-refractivity contribution in [3.8, 4) is 0 Å². The molecule has 2 rings (SSSR count). The third-order valence-electron chi connectivity index (χ3n) is 3.28. The molecule has 3 heteroatoms. The average molecular weight is 221 g/mol. The number of likely N-dealkylation sites (tertiary alicyclic amines) is 1. The first-order valence-corrected chi connectivity index (χ1v) is 5.85. The van der Waals surface area contributed by atoms with Gasteiger partial charge in [-0.2, -0.15) is 0 Å². The predicted molar refractivity (Wildman–Crippen MR) is 63.2 cm³/mol. The summed E-state index contributed by atoms with van der Waals surface area (Å²) in [6.45, 7) is 2.54. The molecule has 0 bridgehead atoms. The Morgan fingerprint density at radius 1 is 1.19 bits per heavy atom. The molecule has 0 amide bonds. The minimum atomic E-state index is -0.360. The number of aliphatic hydroxyl groups is 2. The Balaban J connectivity index is 1.80. The molecule has 0 spiro atoms. The van der Waals surface area contributed by atoms with Gasteiger partial charge in [0.2, 0.25) is 0 Å². The highest BCUT2D eigenvalue weighted by Crippen LogP contribution is 2.16. The molecule has 1 heterocycles. The Hall–Kier alpha value is -0.900. The van der Waals surface area contributed by atoms with Crippen molar-refractivity contribution in [3.63, 3.8) is 0 Å². The smallest absolute Gasteiger partial charge is 0.0729 e. The van der Waals surface area contributed by atoms with E-state index in [1.807, 2.05) is 18.2 Å². The number of β-amino-alcohol motifs (C(OH)–C–C–N with tert-alkyl or cyclic N) is 1. The summed E-state index contributed by atoms with van der Waals surface area (Å²) in [6.07, 6.45) is 0.645. The van der Waals surface area contributed by atoms with E-state index in [1.54, 1.807) is 0 Å². The molecule has 3 nitrogen and oxygen atoms in total. The Kier molecular flexibility index (Phi) is 3.93. The van der Waals surface area contributed by atoms with Crippen LogP contribution in [0.3, 0.4) is 0 Å². The molecule has 1 aromatic carbocycles. The maximum atomic E-state index is 9.65. The lowest BCUT2D eigenvalue weighted by Gasteiger charge is -2.14. The van der Waals surface area contributed by atoms with Crippen LogP contribution in [0.5, 0.6) is 0 Å². The van der Waals surface area contributed by atoms with Gasteiger partial charge in [-0.25, -0.2) is 0 Å². The third kappa shape index (κ3) is 2.82. The van der Waals surface area contributed by atoms with E-state index in [4.69, 9.17) is 5.11 Å². The minimum absolute atomic E-state index is 0.0378. The molecule has 0 saturated carbocycles. The second-order valence-electron chi connectivity index (χ2n) is 4.51. The van der Waals surface area contributed by atoms with E-state index in [0.717, 1.165) is 19.5 Å². The lowest BCUT2D eigenvalue weighted by atomic mass is 10.1. The largest absolute Gasteiger partial charge is 0.396 e. The number of nitrogens with zero attached hydrogens (tertiary/aromatic N) is 1. The SMILES string of the molecule is OCC1CN(CCc2ccccc2)CC1O. The molecule has 2 atom stereocenters. The van der Waals surface area contributed by atoms with Gasteiger partial charge in [-0.3, -0.25) is 4.90 Å². The highest BCUT2D eigenvalue weighted by molar-refractivity contribution is 5.14. The van der Waals surface area contributed by atoms with Gasteiger partial charge in [-0.05, 0) is 12.0 Å². The molecule has 1 saturated heterocycles. The van der Waals surface area contributed by atoms with Crippen LogP contribution >= 0.6 is 0 Å². The first-order valence-electron chi connectivity index (χ1n) is 5.85. The summed E-state index contributed by atoms with van der Waals surface area (Å²) in [6, 6.07) is 10.4. The fourth-order valence-electron chi connectivity index (χ4n) is 2.24. The van der Waals surface area contributed by atoms with Crippen LogP contribution in [-0.4, -0.2) is 47.5 Å². The van der Waals surface area contributed by atoms with Gasteiger partial charge in [-0.15, -0.1) is 0 Å². The van der Waals surface area contributed by atoms with Gasteiger partial charge in [0.25, 0.3) is 0 Å². The molecule has 1 fully saturated rings. The molecule has 88 valence electrons. The highest BCUT2D eigenvalue weighted by atomic mass is 16.3. The van der Waals surface area contributed by atoms with Crippen molar-refractivity contribution in [2.24, 2.45) is 5.92 Å². The molecule has 0 aliphatic carbocycles. The van der Waals surface area contributed by atoms with Crippen LogP contribution in [0.2, 0.25) is 0 Å². The number of aliphatic hydroxyl groups excluding tert-OH is 2. The Bertz CT molecular complexity index is 315. The van der Waals surface area contributed by atoms with Crippen LogP contribution in [0.25, 0.3) is 0 Å². The molecule has 2 N–H and O–H groups in total. The normalized spacial score (nSPS) is 26.1. The summed E-state index contributed by atoms with van der Waals surface area (Å²) >= 11 is 0. The van der Waals surface area contributed by atoms with Crippen molar-refractivity contribution < 1.29 is 10.2 Å². The first-order chi connectivity index (χ1) is 7.79. The third-order valence-corrected chi connectivity index (χ3v) is 3.28. The molecule has 1 aromatic rings. The van der Waals surface area contributed by atoms with E-state index in [2.05, 4.69) is 17.0 Å². The van der Waals surface area contributed by atoms with Crippen molar-refractivity contribution in [2.45, 2.75) is 12.5 Å². The first kappa shape index (κ1) is 11.6. The van der Waals surface area contributed by atoms with Crippen LogP contribution in [0.1, 0.15) is 5.56 Å². The lowest BCUT2D eigenvalue weighted by Crippen LogP contribution is -2.24. The molecule has 1 aliphatic heterocycles. The summed E-state index contributed by atoms with van der Waals surface area (Å²) in [5.41, 5.74) is 1.32. The van der Waals surface area contributed by atoms with Gasteiger partial charge in [0.15, 0.2) is 0 Å². The van der Waals surface area contributed by atoms with Crippen molar-refractivity contribution in [1.82, 2.24) is 4.90 Å². The van der Waals surface area contributed by atoms with Crippen LogP contribution in [0.4, 0.5) is 0 Å². The van der Waals surface area contributed by atoms with E-state index in [9.17, 15) is 5.11 Å². The molecule has 1 aliphatic rings. The van der Waals surface area contributed by atoms with Gasteiger partial charge in [0.1, 0.15) is 0 Å². The predicted octanol–water partition coefficient (Wildman–Crippen LogP) is 0.514. The molecule has 0 radical (unpaired) electrons. The van der Waals surface area contributed by atoms with E-state index in [-0.39, 0.29) is 18.6 Å². The van der Waals surface area contributed by atoms with Crippen molar-refractivity contribution in [1.29, 1.82) is 0 Å². The van der Waals surface area contributed by atoms with E-state index < -0.39 is 0 Å². The Morgan fingerprint density at radius 2 is 1.94 bits per heavy atom. The second kappa shape index (κ2) is 5.43. The second-order valence-corrected chi connectivity index (χ2v) is 4.51. The number of rotatable bonds is 4. The zero-order valence-corrected chi connectivity index (χ0v) is 9.42. The van der Waals surface area contributed by atoms with Gasteiger partial charge in [0.05, 0.1) is 6.10 Å². The van der Waals surface area contributed by atoms with E-state index >= 15 is 0 Å². The lowest BCUT2D eigenvalue weighted by molar-refractivity contribution is 0.103. The zero-order valence-electron chi connectivity index (χ0n) is 9.42. The fourth-order valence-corrected chi connectivity index (χ4v) is 2.24. The summed E-state index contributed by atoms with van der Waals surface area (Å²) in [5.74, 6) is 0.0378. The van der Waals surface area contributed by atoms with E-state index in [1.165, 1.54) is 5.56 Å². The summed E-state index contributed by atoms with van der Waals surface area (Å²) in [4.78, 5) is 2.22. The molecule has 0 aromatic heterocycles. The Labute approximate surface area is 96.3 Å². The van der Waals surface area contributed by atoms with Crippen LogP contribution in [0.15, 0.2) is 30.3 Å². The summed E-state index contributed by atoms with van der Waals surface area (Å²) < 4.78 is 0. The minimum Gasteiger partial charge on any atom is -0.396 e. The number of hydrogen-bond donors (Lipinski definition) is 2. The average Bonchev–Trinajstić information content (AvgIpc) is 2.69. The summed E-state index contributed by atoms with van der Waals surface area (Å²) in [5, 5.41) is 18.7. The zero-order chi connectivity index (χ0) is 11.4. The maximum absolute atomic E-state index is 9.65. The van der Waals surface area contributed by atoms with Crippen LogP contribution in [-0.2, 0) is 6.42 Å². The number of benzene rings is 1. The van der Waals surface area contributed by atoms with Crippen LogP contribution < -0.4 is 0 Å². The molecular formula is C13H19NO2. The quantitative estimate of drug-likeness (QED) is 0.779. The highest BCUT2D eigenvalue weighted by Gasteiger charge is 2.29. The standard InChI is InChI=1S/C13H19NO2/c15-10-12-8-14(9-13(12)16)7-6-11-4-2-1-3-5-11/h1-5,12-13,15-16H,6-10H2. The van der Waals surface area contributed by atoms with E-state index in [0.29, 0.717) is 6.54 Å². The molecular weight excluding hydrogens is 202 g/mol. The monoisotopic (exact) mass is 221 g/mol. The fraction of sp³-hybridized carbons (Fsp3) is 0.538. The van der Waals surface area contributed by atoms with Crippen molar-refractivity contribution >= 4 is 0 Å². The maximum Gasteiger partial charge on any atom is 0.0729 e. The Morgan fingerprint density at radius 3 is 2.56 bits per heavy atom. The van der Waals surface area contributed by atoms with Crippen molar-refractivity contribution in [3.05, 3.63) is 35.9 Å². The van der Waals surface area contributed by atoms with Gasteiger partial charge >= 0.3 is 0 Å². The van der Waals surface area contributed by atoms with Gasteiger partial charge in [0, 0.05) is 32.2 Å². The van der Waals surface area contributed by atoms with Crippen molar-refractivity contribution in [2.75, 3.05) is 26.2 Å². The van der Waals surface area contributed by atoms with Crippen LogP contribution in [0, 0.1) is 5.92 Å². The van der Waals surface area contributed by atoms with Gasteiger partial charge in [-0.1, -0.05) is 30.3 Å². The molecule has 2 unspecified atom stereocenters. The molecule has 16 heavy (non-hydrogen) atoms. The number of hydrogen-bond acceptors (Lipinski definition) is 3. The topological polar surface area (TPSA) is 43.7 Å². The van der Waals surface area contributed by atoms with Gasteiger partial charge < -0.3 is 10.2 Å².